The summed E-state index contributed by atoms with van der Waals surface area (Å²) >= 11 is 1.60. The molecule has 4 rings (SSSR count). The number of aliphatic hydroxyl groups excluding tert-OH is 1. The lowest BCUT2D eigenvalue weighted by atomic mass is 9.66. The first-order valence-corrected chi connectivity index (χ1v) is 13.8. The van der Waals surface area contributed by atoms with Gasteiger partial charge in [-0.15, -0.1) is 24.9 Å². The van der Waals surface area contributed by atoms with Gasteiger partial charge in [-0.1, -0.05) is 24.3 Å². The molecule has 2 amide bonds. The number of fused-ring (bicyclic) bond motifs is 1. The molecule has 7 nitrogen and oxygen atoms in total. The molecule has 200 valence electrons. The highest BCUT2D eigenvalue weighted by atomic mass is 32.2. The summed E-state index contributed by atoms with van der Waals surface area (Å²) < 4.78 is 4.32. The van der Waals surface area contributed by atoms with E-state index < -0.39 is 33.4 Å². The van der Waals surface area contributed by atoms with E-state index in [0.717, 1.165) is 16.8 Å². The number of thioether (sulfide) groups is 1. The fraction of sp³-hybridized carbons (Fsp3) is 0.552. The molecule has 1 aromatic rings. The number of amides is 2. The first-order chi connectivity index (χ1) is 17.6. The van der Waals surface area contributed by atoms with Gasteiger partial charge in [0.15, 0.2) is 0 Å². The van der Waals surface area contributed by atoms with Gasteiger partial charge in [0.25, 0.3) is 5.91 Å². The van der Waals surface area contributed by atoms with Crippen molar-refractivity contribution >= 4 is 35.2 Å². The Morgan fingerprint density at radius 1 is 1.30 bits per heavy atom. The van der Waals surface area contributed by atoms with Gasteiger partial charge in [0.1, 0.15) is 6.04 Å². The monoisotopic (exact) mass is 526 g/mol. The van der Waals surface area contributed by atoms with Crippen molar-refractivity contribution in [1.82, 2.24) is 4.90 Å². The van der Waals surface area contributed by atoms with E-state index in [1.54, 1.807) is 40.6 Å². The van der Waals surface area contributed by atoms with Gasteiger partial charge >= 0.3 is 5.97 Å². The summed E-state index contributed by atoms with van der Waals surface area (Å²) in [5.41, 5.74) is 2.74. The molecule has 0 saturated carbocycles. The van der Waals surface area contributed by atoms with E-state index in [-0.39, 0.29) is 37.5 Å². The zero-order chi connectivity index (χ0) is 27.1. The van der Waals surface area contributed by atoms with Crippen molar-refractivity contribution in [3.05, 3.63) is 54.6 Å². The largest absolute Gasteiger partial charge is 0.465 e. The number of aryl methyl sites for hydroxylation is 2. The molecule has 3 fully saturated rings. The Bertz CT molecular complexity index is 1120. The van der Waals surface area contributed by atoms with Gasteiger partial charge in [0.05, 0.1) is 35.8 Å². The zero-order valence-corrected chi connectivity index (χ0v) is 23.1. The number of aliphatic hydroxyl groups is 1. The Kier molecular flexibility index (Phi) is 7.64. The lowest BCUT2D eigenvalue weighted by Gasteiger charge is -2.39. The summed E-state index contributed by atoms with van der Waals surface area (Å²) in [7, 11) is 0. The Balaban J connectivity index is 1.81. The normalized spacial score (nSPS) is 30.7. The molecule has 3 heterocycles. The molecule has 3 aliphatic rings. The van der Waals surface area contributed by atoms with Crippen molar-refractivity contribution in [3.8, 4) is 0 Å². The number of benzene rings is 1. The maximum atomic E-state index is 14.6. The van der Waals surface area contributed by atoms with Crippen LogP contribution in [-0.2, 0) is 19.1 Å². The number of hydrogen-bond acceptors (Lipinski definition) is 6. The van der Waals surface area contributed by atoms with Gasteiger partial charge in [-0.2, -0.15) is 0 Å². The molecule has 1 spiro atoms. The van der Waals surface area contributed by atoms with E-state index in [9.17, 15) is 19.5 Å². The van der Waals surface area contributed by atoms with E-state index in [0.29, 0.717) is 19.3 Å². The topological polar surface area (TPSA) is 87.1 Å². The maximum Gasteiger partial charge on any atom is 0.311 e. The number of anilines is 1. The SMILES string of the molecule is C=CCCOC(=O)[C@H]1[C@H]2C(=O)N([C@H](C)CO)C(C(=O)N(CC=C)c3cc(C)ccc3C)C23CC[C@]1(C)S3. The molecule has 8 heteroatoms. The predicted octanol–water partition coefficient (Wildman–Crippen LogP) is 3.80. The third-order valence-corrected chi connectivity index (χ3v) is 10.2. The second-order valence-corrected chi connectivity index (χ2v) is 12.7. The Hall–Kier alpha value is -2.58. The Morgan fingerprint density at radius 3 is 2.68 bits per heavy atom. The molecular weight excluding hydrogens is 488 g/mol. The molecule has 0 aliphatic carbocycles. The molecule has 37 heavy (non-hydrogen) atoms. The molecule has 6 atom stereocenters. The quantitative estimate of drug-likeness (QED) is 0.284. The maximum absolute atomic E-state index is 14.6. The molecule has 1 aromatic carbocycles. The van der Waals surface area contributed by atoms with Crippen molar-refractivity contribution in [2.45, 2.75) is 68.5 Å². The number of hydrogen-bond donors (Lipinski definition) is 1. The number of carbonyl (C=O) groups excluding carboxylic acids is 3. The van der Waals surface area contributed by atoms with Gasteiger partial charge in [0, 0.05) is 17.0 Å². The average Bonchev–Trinajstić information content (AvgIpc) is 3.44. The Morgan fingerprint density at radius 2 is 2.03 bits per heavy atom. The van der Waals surface area contributed by atoms with Crippen LogP contribution < -0.4 is 4.90 Å². The molecule has 0 aromatic heterocycles. The second-order valence-electron chi connectivity index (χ2n) is 10.8. The summed E-state index contributed by atoms with van der Waals surface area (Å²) in [6, 6.07) is 4.57. The summed E-state index contributed by atoms with van der Waals surface area (Å²) in [5, 5.41) is 10.1. The van der Waals surface area contributed by atoms with E-state index in [1.807, 2.05) is 39.0 Å². The molecule has 1 N–H and O–H groups in total. The molecule has 3 aliphatic heterocycles. The highest BCUT2D eigenvalue weighted by Crippen LogP contribution is 2.71. The van der Waals surface area contributed by atoms with Crippen LogP contribution in [0.2, 0.25) is 0 Å². The van der Waals surface area contributed by atoms with Crippen LogP contribution in [0.25, 0.3) is 0 Å². The first-order valence-electron chi connectivity index (χ1n) is 13.0. The van der Waals surface area contributed by atoms with E-state index in [4.69, 9.17) is 4.74 Å². The molecule has 2 unspecified atom stereocenters. The van der Waals surface area contributed by atoms with Crippen LogP contribution in [0.3, 0.4) is 0 Å². The van der Waals surface area contributed by atoms with Crippen LogP contribution in [0.15, 0.2) is 43.5 Å². The summed E-state index contributed by atoms with van der Waals surface area (Å²) in [4.78, 5) is 45.3. The van der Waals surface area contributed by atoms with E-state index >= 15 is 0 Å². The van der Waals surface area contributed by atoms with Gasteiger partial charge in [-0.05, 0) is 64.2 Å². The fourth-order valence-corrected chi connectivity index (χ4v) is 8.82. The van der Waals surface area contributed by atoms with Gasteiger partial charge in [0.2, 0.25) is 5.91 Å². The Labute approximate surface area is 223 Å². The summed E-state index contributed by atoms with van der Waals surface area (Å²) in [6.07, 6.45) is 5.26. The van der Waals surface area contributed by atoms with Gasteiger partial charge in [-0.3, -0.25) is 14.4 Å². The summed E-state index contributed by atoms with van der Waals surface area (Å²) in [6.45, 7) is 15.5. The smallest absolute Gasteiger partial charge is 0.311 e. The second kappa shape index (κ2) is 10.3. The van der Waals surface area contributed by atoms with Crippen molar-refractivity contribution in [2.24, 2.45) is 11.8 Å². The van der Waals surface area contributed by atoms with Crippen LogP contribution in [-0.4, -0.2) is 69.1 Å². The molecule has 3 saturated heterocycles. The van der Waals surface area contributed by atoms with Gasteiger partial charge in [-0.25, -0.2) is 0 Å². The highest BCUT2D eigenvalue weighted by molar-refractivity contribution is 8.02. The van der Waals surface area contributed by atoms with Crippen molar-refractivity contribution in [1.29, 1.82) is 0 Å². The zero-order valence-electron chi connectivity index (χ0n) is 22.2. The van der Waals surface area contributed by atoms with Crippen LogP contribution in [0, 0.1) is 25.7 Å². The van der Waals surface area contributed by atoms with Crippen LogP contribution in [0.5, 0.6) is 0 Å². The minimum atomic E-state index is -0.815. The van der Waals surface area contributed by atoms with Crippen molar-refractivity contribution in [2.75, 3.05) is 24.7 Å². The highest BCUT2D eigenvalue weighted by Gasteiger charge is 2.78. The lowest BCUT2D eigenvalue weighted by Crippen LogP contribution is -2.57. The first kappa shape index (κ1) is 27.5. The predicted molar refractivity (Wildman–Crippen MR) is 146 cm³/mol. The molecule has 0 radical (unpaired) electrons. The number of likely N-dealkylation sites (tertiary alicyclic amines) is 1. The van der Waals surface area contributed by atoms with Crippen LogP contribution in [0.4, 0.5) is 5.69 Å². The third kappa shape index (κ3) is 4.32. The fourth-order valence-electron chi connectivity index (χ4n) is 6.49. The third-order valence-electron chi connectivity index (χ3n) is 8.24. The standard InChI is InChI=1S/C29H38N2O5S/c1-7-9-15-36-27(35)23-22-25(33)31(20(5)17-32)24(29(22)13-12-28(23,6)37-29)26(34)30(14-8-2)21-16-18(3)10-11-19(21)4/h7-8,10-11,16,20,22-24,32H,1-2,9,12-15,17H2,3-6H3/t20-,22+,23-,24?,28+,29?/m1/s1. The number of rotatable bonds is 10. The summed E-state index contributed by atoms with van der Waals surface area (Å²) in [5.74, 6) is -2.18. The molecule has 2 bridgehead atoms. The van der Waals surface area contributed by atoms with E-state index in [2.05, 4.69) is 13.2 Å². The van der Waals surface area contributed by atoms with E-state index in [1.165, 1.54) is 0 Å². The number of ether oxygens (including phenoxy) is 1. The minimum Gasteiger partial charge on any atom is -0.465 e. The van der Waals surface area contributed by atoms with Crippen molar-refractivity contribution < 1.29 is 24.2 Å². The van der Waals surface area contributed by atoms with Crippen molar-refractivity contribution in [3.63, 3.8) is 0 Å². The van der Waals surface area contributed by atoms with Crippen LogP contribution in [0.1, 0.15) is 44.2 Å². The van der Waals surface area contributed by atoms with Gasteiger partial charge < -0.3 is 19.6 Å². The lowest BCUT2D eigenvalue weighted by molar-refractivity contribution is -0.155. The van der Waals surface area contributed by atoms with Crippen LogP contribution >= 0.6 is 11.8 Å². The minimum absolute atomic E-state index is 0.206. The number of esters is 1. The number of nitrogens with zero attached hydrogens (tertiary/aromatic N) is 2. The molecular formula is C29H38N2O5S. The number of carbonyl (C=O) groups is 3. The average molecular weight is 527 g/mol.